The highest BCUT2D eigenvalue weighted by atomic mass is 16.4. The monoisotopic (exact) mass is 289 g/mol. The van der Waals surface area contributed by atoms with Crippen molar-refractivity contribution >= 4 is 27.7 Å². The third-order valence-corrected chi connectivity index (χ3v) is 3.71. The van der Waals surface area contributed by atoms with Gasteiger partial charge in [-0.05, 0) is 29.1 Å². The van der Waals surface area contributed by atoms with E-state index in [0.29, 0.717) is 5.58 Å². The largest absolute Gasteiger partial charge is 0.475 e. The predicted octanol–water partition coefficient (Wildman–Crippen LogP) is 4.35. The van der Waals surface area contributed by atoms with E-state index in [1.165, 1.54) is 0 Å². The number of hydrogen-bond acceptors (Lipinski definition) is 3. The predicted molar refractivity (Wildman–Crippen MR) is 83.9 cm³/mol. The Labute approximate surface area is 125 Å². The Balaban J connectivity index is 2.13. The molecule has 4 nitrogen and oxygen atoms in total. The van der Waals surface area contributed by atoms with Gasteiger partial charge in [-0.3, -0.25) is 4.98 Å². The van der Waals surface area contributed by atoms with Gasteiger partial charge < -0.3 is 9.52 Å². The van der Waals surface area contributed by atoms with Gasteiger partial charge in [0.1, 0.15) is 5.58 Å². The molecule has 2 heterocycles. The summed E-state index contributed by atoms with van der Waals surface area (Å²) in [6.07, 6.45) is 3.52. The number of fused-ring (bicyclic) bond motifs is 3. The van der Waals surface area contributed by atoms with Crippen LogP contribution in [0.5, 0.6) is 0 Å². The smallest absolute Gasteiger partial charge is 0.371 e. The molecule has 0 bridgehead atoms. The fourth-order valence-corrected chi connectivity index (χ4v) is 2.74. The lowest BCUT2D eigenvalue weighted by atomic mass is 9.97. The topological polar surface area (TPSA) is 63.3 Å². The van der Waals surface area contributed by atoms with Gasteiger partial charge in [0.25, 0.3) is 0 Å². The van der Waals surface area contributed by atoms with Crippen molar-refractivity contribution in [1.29, 1.82) is 0 Å². The molecule has 2 aromatic heterocycles. The molecule has 0 saturated heterocycles. The Hall–Kier alpha value is -3.14. The molecule has 2 aromatic carbocycles. The van der Waals surface area contributed by atoms with Crippen LogP contribution in [0.25, 0.3) is 32.9 Å². The van der Waals surface area contributed by atoms with Gasteiger partial charge in [-0.1, -0.05) is 30.3 Å². The van der Waals surface area contributed by atoms with Crippen LogP contribution in [0.4, 0.5) is 0 Å². The van der Waals surface area contributed by atoms with E-state index in [1.807, 2.05) is 42.5 Å². The van der Waals surface area contributed by atoms with Crippen molar-refractivity contribution in [1.82, 2.24) is 4.98 Å². The number of hydrogen-bond donors (Lipinski definition) is 1. The van der Waals surface area contributed by atoms with Gasteiger partial charge in [0.2, 0.25) is 5.76 Å². The molecule has 1 N–H and O–H groups in total. The third kappa shape index (κ3) is 1.85. The minimum Gasteiger partial charge on any atom is -0.475 e. The Kier molecular flexibility index (Phi) is 2.69. The molecule has 0 fully saturated rings. The standard InChI is InChI=1S/C18H11NO3/c20-18(21)16-9-12-8-15(11-4-3-7-19-10-11)13-5-1-2-6-14(13)17(12)22-16/h1-10H,(H,20,21). The first-order valence-corrected chi connectivity index (χ1v) is 6.83. The summed E-state index contributed by atoms with van der Waals surface area (Å²) >= 11 is 0. The van der Waals surface area contributed by atoms with Gasteiger partial charge >= 0.3 is 5.97 Å². The van der Waals surface area contributed by atoms with E-state index >= 15 is 0 Å². The van der Waals surface area contributed by atoms with E-state index in [1.54, 1.807) is 18.5 Å². The minimum atomic E-state index is -1.07. The quantitative estimate of drug-likeness (QED) is 0.596. The first kappa shape index (κ1) is 12.6. The Morgan fingerprint density at radius 1 is 1.05 bits per heavy atom. The number of nitrogens with zero attached hydrogens (tertiary/aromatic N) is 1. The first-order valence-electron chi connectivity index (χ1n) is 6.83. The summed E-state index contributed by atoms with van der Waals surface area (Å²) in [5, 5.41) is 11.8. The van der Waals surface area contributed by atoms with Crippen LogP contribution in [0, 0.1) is 0 Å². The Bertz CT molecular complexity index is 1000. The van der Waals surface area contributed by atoms with Crippen LogP contribution in [-0.2, 0) is 0 Å². The van der Waals surface area contributed by atoms with Gasteiger partial charge in [0.05, 0.1) is 0 Å². The van der Waals surface area contributed by atoms with Gasteiger partial charge in [-0.25, -0.2) is 4.79 Å². The molecule has 0 atom stereocenters. The number of carboxylic acids is 1. The van der Waals surface area contributed by atoms with Gasteiger partial charge in [-0.2, -0.15) is 0 Å². The molecule has 106 valence electrons. The Morgan fingerprint density at radius 3 is 2.59 bits per heavy atom. The van der Waals surface area contributed by atoms with Gasteiger partial charge in [0, 0.05) is 28.7 Å². The number of rotatable bonds is 2. The number of carboxylic acid groups (broad SMARTS) is 1. The normalized spacial score (nSPS) is 11.1. The molecule has 0 radical (unpaired) electrons. The zero-order chi connectivity index (χ0) is 15.1. The van der Waals surface area contributed by atoms with Crippen molar-refractivity contribution in [2.75, 3.05) is 0 Å². The second kappa shape index (κ2) is 4.70. The molecular weight excluding hydrogens is 278 g/mol. The number of aromatic carboxylic acids is 1. The summed E-state index contributed by atoms with van der Waals surface area (Å²) < 4.78 is 5.52. The van der Waals surface area contributed by atoms with Crippen molar-refractivity contribution < 1.29 is 14.3 Å². The maximum absolute atomic E-state index is 11.2. The van der Waals surface area contributed by atoms with E-state index < -0.39 is 5.97 Å². The van der Waals surface area contributed by atoms with Crippen molar-refractivity contribution in [3.05, 3.63) is 66.7 Å². The number of carbonyl (C=O) groups is 1. The second-order valence-electron chi connectivity index (χ2n) is 5.05. The maximum atomic E-state index is 11.2. The molecule has 22 heavy (non-hydrogen) atoms. The molecule has 4 aromatic rings. The fraction of sp³-hybridized carbons (Fsp3) is 0. The van der Waals surface area contributed by atoms with Gasteiger partial charge in [-0.15, -0.1) is 0 Å². The van der Waals surface area contributed by atoms with E-state index in [0.717, 1.165) is 27.3 Å². The summed E-state index contributed by atoms with van der Waals surface area (Å²) in [4.78, 5) is 15.3. The SMILES string of the molecule is O=C(O)c1cc2cc(-c3cccnc3)c3ccccc3c2o1. The highest BCUT2D eigenvalue weighted by Crippen LogP contribution is 2.35. The number of furan rings is 1. The summed E-state index contributed by atoms with van der Waals surface area (Å²) in [6, 6.07) is 15.2. The van der Waals surface area contributed by atoms with Crippen LogP contribution in [0.15, 0.2) is 65.3 Å². The molecule has 4 heteroatoms. The molecule has 0 amide bonds. The molecular formula is C18H11NO3. The van der Waals surface area contributed by atoms with Crippen molar-refractivity contribution in [2.24, 2.45) is 0 Å². The first-order chi connectivity index (χ1) is 10.7. The van der Waals surface area contributed by atoms with E-state index in [2.05, 4.69) is 4.98 Å². The van der Waals surface area contributed by atoms with Gasteiger partial charge in [0.15, 0.2) is 0 Å². The van der Waals surface area contributed by atoms with Crippen LogP contribution < -0.4 is 0 Å². The van der Waals surface area contributed by atoms with Crippen LogP contribution in [-0.4, -0.2) is 16.1 Å². The maximum Gasteiger partial charge on any atom is 0.371 e. The number of aromatic nitrogens is 1. The molecule has 0 spiro atoms. The van der Waals surface area contributed by atoms with Crippen LogP contribution in [0.2, 0.25) is 0 Å². The van der Waals surface area contributed by atoms with E-state index in [-0.39, 0.29) is 5.76 Å². The molecule has 0 aliphatic heterocycles. The second-order valence-corrected chi connectivity index (χ2v) is 5.05. The zero-order valence-electron chi connectivity index (χ0n) is 11.5. The number of benzene rings is 2. The average Bonchev–Trinajstić information content (AvgIpc) is 2.99. The highest BCUT2D eigenvalue weighted by Gasteiger charge is 2.15. The highest BCUT2D eigenvalue weighted by molar-refractivity contribution is 6.12. The van der Waals surface area contributed by atoms with Crippen molar-refractivity contribution in [3.63, 3.8) is 0 Å². The lowest BCUT2D eigenvalue weighted by molar-refractivity contribution is 0.0665. The zero-order valence-corrected chi connectivity index (χ0v) is 11.5. The Morgan fingerprint density at radius 2 is 1.86 bits per heavy atom. The van der Waals surface area contributed by atoms with E-state index in [4.69, 9.17) is 9.52 Å². The average molecular weight is 289 g/mol. The number of pyridine rings is 1. The van der Waals surface area contributed by atoms with Crippen LogP contribution >= 0.6 is 0 Å². The van der Waals surface area contributed by atoms with Crippen molar-refractivity contribution in [3.8, 4) is 11.1 Å². The lowest BCUT2D eigenvalue weighted by Gasteiger charge is -2.07. The van der Waals surface area contributed by atoms with Crippen LogP contribution in [0.3, 0.4) is 0 Å². The fourth-order valence-electron chi connectivity index (χ4n) is 2.74. The molecule has 0 unspecified atom stereocenters. The summed E-state index contributed by atoms with van der Waals surface area (Å²) in [5.41, 5.74) is 2.59. The van der Waals surface area contributed by atoms with E-state index in [9.17, 15) is 4.79 Å². The molecule has 0 saturated carbocycles. The lowest BCUT2D eigenvalue weighted by Crippen LogP contribution is -1.91. The summed E-state index contributed by atoms with van der Waals surface area (Å²) in [7, 11) is 0. The molecule has 0 aliphatic carbocycles. The van der Waals surface area contributed by atoms with Crippen molar-refractivity contribution in [2.45, 2.75) is 0 Å². The molecule has 0 aliphatic rings. The summed E-state index contributed by atoms with van der Waals surface area (Å²) in [6.45, 7) is 0. The van der Waals surface area contributed by atoms with Crippen LogP contribution in [0.1, 0.15) is 10.6 Å². The third-order valence-electron chi connectivity index (χ3n) is 3.71. The summed E-state index contributed by atoms with van der Waals surface area (Å²) in [5.74, 6) is -1.12. The minimum absolute atomic E-state index is 0.0523. The molecule has 4 rings (SSSR count).